The third-order valence-corrected chi connectivity index (χ3v) is 3.31. The molecular weight excluding hydrogens is 322 g/mol. The number of rotatable bonds is 2. The molecule has 0 saturated heterocycles. The van der Waals surface area contributed by atoms with Gasteiger partial charge in [0.25, 0.3) is 0 Å². The second-order valence-corrected chi connectivity index (χ2v) is 5.01. The molecule has 0 spiro atoms. The van der Waals surface area contributed by atoms with E-state index in [1.54, 1.807) is 24.3 Å². The molecule has 0 aliphatic carbocycles. The summed E-state index contributed by atoms with van der Waals surface area (Å²) in [4.78, 5) is 0. The minimum Gasteiger partial charge on any atom is -0.397 e. The molecule has 0 atom stereocenters. The molecule has 3 N–H and O–H groups in total. The number of anilines is 3. The molecule has 7 heteroatoms. The summed E-state index contributed by atoms with van der Waals surface area (Å²) in [6.07, 6.45) is 0. The molecular formula is C13H8BrN5O. The van der Waals surface area contributed by atoms with E-state index in [0.717, 1.165) is 4.47 Å². The van der Waals surface area contributed by atoms with Crippen LogP contribution in [0.15, 0.2) is 39.4 Å². The summed E-state index contributed by atoms with van der Waals surface area (Å²) in [5.74, 6) is 0. The highest BCUT2D eigenvalue weighted by atomic mass is 79.9. The van der Waals surface area contributed by atoms with Crippen molar-refractivity contribution in [2.45, 2.75) is 0 Å². The van der Waals surface area contributed by atoms with Gasteiger partial charge in [-0.2, -0.15) is 5.26 Å². The third-order valence-electron chi connectivity index (χ3n) is 2.82. The second kappa shape index (κ2) is 4.83. The summed E-state index contributed by atoms with van der Waals surface area (Å²) in [5.41, 5.74) is 9.16. The zero-order valence-corrected chi connectivity index (χ0v) is 11.7. The van der Waals surface area contributed by atoms with Crippen molar-refractivity contribution in [2.75, 3.05) is 11.1 Å². The van der Waals surface area contributed by atoms with Crippen LogP contribution in [0.25, 0.3) is 11.0 Å². The lowest BCUT2D eigenvalue weighted by atomic mass is 10.1. The Bertz CT molecular complexity index is 836. The standard InChI is InChI=1S/C13H8BrN5O/c14-8-1-3-10(7(5-8)6-15)17-11-4-2-9(16)12-13(11)19-20-18-12/h1-5,17H,16H2. The SMILES string of the molecule is N#Cc1cc(Br)ccc1Nc1ccc(N)c2nonc12. The number of nitrogens with two attached hydrogens (primary N) is 1. The first-order valence-electron chi connectivity index (χ1n) is 5.66. The first kappa shape index (κ1) is 12.4. The number of fused-ring (bicyclic) bond motifs is 1. The molecule has 20 heavy (non-hydrogen) atoms. The van der Waals surface area contributed by atoms with E-state index in [9.17, 15) is 0 Å². The largest absolute Gasteiger partial charge is 0.397 e. The van der Waals surface area contributed by atoms with Crippen molar-refractivity contribution >= 4 is 44.0 Å². The lowest BCUT2D eigenvalue weighted by molar-refractivity contribution is 0.316. The normalized spacial score (nSPS) is 10.4. The molecule has 1 aromatic heterocycles. The number of nitrogens with zero attached hydrogens (tertiary/aromatic N) is 3. The summed E-state index contributed by atoms with van der Waals surface area (Å²) in [6.45, 7) is 0. The molecule has 0 aliphatic heterocycles. The van der Waals surface area contributed by atoms with E-state index >= 15 is 0 Å². The zero-order valence-electron chi connectivity index (χ0n) is 10.1. The summed E-state index contributed by atoms with van der Waals surface area (Å²) >= 11 is 3.33. The van der Waals surface area contributed by atoms with Crippen molar-refractivity contribution < 1.29 is 4.63 Å². The lowest BCUT2D eigenvalue weighted by Gasteiger charge is -2.09. The van der Waals surface area contributed by atoms with Gasteiger partial charge < -0.3 is 11.1 Å². The summed E-state index contributed by atoms with van der Waals surface area (Å²) < 4.78 is 5.55. The van der Waals surface area contributed by atoms with Gasteiger partial charge >= 0.3 is 0 Å². The lowest BCUT2D eigenvalue weighted by Crippen LogP contribution is -1.96. The Morgan fingerprint density at radius 2 is 1.90 bits per heavy atom. The van der Waals surface area contributed by atoms with Gasteiger partial charge in [0, 0.05) is 4.47 Å². The second-order valence-electron chi connectivity index (χ2n) is 4.09. The maximum Gasteiger partial charge on any atom is 0.160 e. The van der Waals surface area contributed by atoms with Crippen molar-refractivity contribution in [1.82, 2.24) is 10.3 Å². The van der Waals surface area contributed by atoms with Crippen LogP contribution in [0.2, 0.25) is 0 Å². The molecule has 1 heterocycles. The number of hydrogen-bond donors (Lipinski definition) is 2. The number of nitrogen functional groups attached to an aromatic ring is 1. The number of halogens is 1. The van der Waals surface area contributed by atoms with Crippen LogP contribution in [-0.2, 0) is 0 Å². The molecule has 0 radical (unpaired) electrons. The predicted molar refractivity (Wildman–Crippen MR) is 78.4 cm³/mol. The number of aromatic nitrogens is 2. The van der Waals surface area contributed by atoms with E-state index in [4.69, 9.17) is 15.6 Å². The minimum absolute atomic E-state index is 0.489. The Kier molecular flexibility index (Phi) is 3.00. The van der Waals surface area contributed by atoms with Crippen molar-refractivity contribution in [2.24, 2.45) is 0 Å². The summed E-state index contributed by atoms with van der Waals surface area (Å²) in [7, 11) is 0. The van der Waals surface area contributed by atoms with Crippen molar-refractivity contribution in [3.05, 3.63) is 40.4 Å². The summed E-state index contributed by atoms with van der Waals surface area (Å²) in [6, 6.07) is 11.0. The van der Waals surface area contributed by atoms with E-state index < -0.39 is 0 Å². The Hall–Kier alpha value is -2.59. The van der Waals surface area contributed by atoms with E-state index in [-0.39, 0.29) is 0 Å². The van der Waals surface area contributed by atoms with Crippen LogP contribution in [0.5, 0.6) is 0 Å². The molecule has 3 aromatic rings. The van der Waals surface area contributed by atoms with Crippen LogP contribution in [0.3, 0.4) is 0 Å². The fourth-order valence-corrected chi connectivity index (χ4v) is 2.21. The highest BCUT2D eigenvalue weighted by molar-refractivity contribution is 9.10. The van der Waals surface area contributed by atoms with E-state index in [0.29, 0.717) is 33.7 Å². The molecule has 0 aliphatic rings. The highest BCUT2D eigenvalue weighted by Crippen LogP contribution is 2.30. The number of hydrogen-bond acceptors (Lipinski definition) is 6. The fourth-order valence-electron chi connectivity index (χ4n) is 1.85. The molecule has 0 amide bonds. The molecule has 0 bridgehead atoms. The number of nitriles is 1. The quantitative estimate of drug-likeness (QED) is 0.700. The van der Waals surface area contributed by atoms with Crippen LogP contribution in [0.1, 0.15) is 5.56 Å². The van der Waals surface area contributed by atoms with Crippen LogP contribution in [0.4, 0.5) is 17.1 Å². The van der Waals surface area contributed by atoms with E-state index in [1.807, 2.05) is 6.07 Å². The monoisotopic (exact) mass is 329 g/mol. The zero-order chi connectivity index (χ0) is 14.1. The Balaban J connectivity index is 2.08. The van der Waals surface area contributed by atoms with Gasteiger partial charge in [-0.25, -0.2) is 4.63 Å². The van der Waals surface area contributed by atoms with Gasteiger partial charge in [0.1, 0.15) is 6.07 Å². The molecule has 6 nitrogen and oxygen atoms in total. The van der Waals surface area contributed by atoms with Crippen molar-refractivity contribution in [1.29, 1.82) is 5.26 Å². The van der Waals surface area contributed by atoms with Gasteiger partial charge in [0.2, 0.25) is 0 Å². The van der Waals surface area contributed by atoms with Gasteiger partial charge in [-0.1, -0.05) is 15.9 Å². The maximum atomic E-state index is 9.16. The maximum absolute atomic E-state index is 9.16. The first-order chi connectivity index (χ1) is 9.69. The van der Waals surface area contributed by atoms with Crippen molar-refractivity contribution in [3.8, 4) is 6.07 Å². The third kappa shape index (κ3) is 2.06. The van der Waals surface area contributed by atoms with Gasteiger partial charge in [-0.3, -0.25) is 0 Å². The molecule has 3 rings (SSSR count). The highest BCUT2D eigenvalue weighted by Gasteiger charge is 2.11. The fraction of sp³-hybridized carbons (Fsp3) is 0. The van der Waals surface area contributed by atoms with Crippen LogP contribution >= 0.6 is 15.9 Å². The average molecular weight is 330 g/mol. The molecule has 2 aromatic carbocycles. The number of benzene rings is 2. The summed E-state index contributed by atoms with van der Waals surface area (Å²) in [5, 5.41) is 19.9. The van der Waals surface area contributed by atoms with Crippen LogP contribution in [0, 0.1) is 11.3 Å². The predicted octanol–water partition coefficient (Wildman–Crippen LogP) is 3.18. The Morgan fingerprint density at radius 3 is 2.70 bits per heavy atom. The Morgan fingerprint density at radius 1 is 1.15 bits per heavy atom. The molecule has 0 unspecified atom stereocenters. The topological polar surface area (TPSA) is 101 Å². The molecule has 0 saturated carbocycles. The minimum atomic E-state index is 0.489. The molecule has 98 valence electrons. The van der Waals surface area contributed by atoms with Crippen molar-refractivity contribution in [3.63, 3.8) is 0 Å². The van der Waals surface area contributed by atoms with Gasteiger partial charge in [-0.05, 0) is 40.6 Å². The van der Waals surface area contributed by atoms with Crippen LogP contribution < -0.4 is 11.1 Å². The van der Waals surface area contributed by atoms with Gasteiger partial charge in [0.15, 0.2) is 11.0 Å². The van der Waals surface area contributed by atoms with Gasteiger partial charge in [0.05, 0.1) is 22.6 Å². The smallest absolute Gasteiger partial charge is 0.160 e. The average Bonchev–Trinajstić information content (AvgIpc) is 2.94. The number of nitrogens with one attached hydrogen (secondary N) is 1. The van der Waals surface area contributed by atoms with E-state index in [2.05, 4.69) is 37.6 Å². The van der Waals surface area contributed by atoms with Gasteiger partial charge in [-0.15, -0.1) is 0 Å². The molecule has 0 fully saturated rings. The Labute approximate surface area is 122 Å². The van der Waals surface area contributed by atoms with Crippen LogP contribution in [-0.4, -0.2) is 10.3 Å². The van der Waals surface area contributed by atoms with E-state index in [1.165, 1.54) is 0 Å². The first-order valence-corrected chi connectivity index (χ1v) is 6.46.